The van der Waals surface area contributed by atoms with Gasteiger partial charge in [0.1, 0.15) is 5.75 Å². The topological polar surface area (TPSA) is 61.3 Å². The third-order valence-electron chi connectivity index (χ3n) is 2.05. The van der Waals surface area contributed by atoms with Crippen molar-refractivity contribution in [2.45, 2.75) is 12.8 Å². The molecule has 12 heavy (non-hydrogen) atoms. The Bertz CT molecular complexity index is 310. The van der Waals surface area contributed by atoms with Crippen molar-refractivity contribution in [3.63, 3.8) is 0 Å². The maximum atomic E-state index is 5.74. The van der Waals surface area contributed by atoms with E-state index >= 15 is 0 Å². The normalized spacial score (nSPS) is 15.0. The summed E-state index contributed by atoms with van der Waals surface area (Å²) in [5.74, 6) is 0.829. The first kappa shape index (κ1) is 7.28. The van der Waals surface area contributed by atoms with Crippen LogP contribution in [0.5, 0.6) is 5.75 Å². The Hall–Kier alpha value is -1.38. The Morgan fingerprint density at radius 2 is 2.08 bits per heavy atom. The van der Waals surface area contributed by atoms with Crippen LogP contribution in [-0.4, -0.2) is 6.61 Å². The number of aryl methyl sites for hydroxylation is 1. The average Bonchev–Trinajstić information content (AvgIpc) is 2.04. The summed E-state index contributed by atoms with van der Waals surface area (Å²) in [4.78, 5) is 0. The summed E-state index contributed by atoms with van der Waals surface area (Å²) in [5.41, 5.74) is 13.9. The number of benzene rings is 1. The molecule has 1 aromatic carbocycles. The predicted molar refractivity (Wildman–Crippen MR) is 49.1 cm³/mol. The Morgan fingerprint density at radius 1 is 1.25 bits per heavy atom. The smallest absolute Gasteiger partial charge is 0.145 e. The number of rotatable bonds is 0. The van der Waals surface area contributed by atoms with Gasteiger partial charge in [0.2, 0.25) is 0 Å². The summed E-state index contributed by atoms with van der Waals surface area (Å²) in [6, 6.07) is 3.68. The Balaban J connectivity index is 2.53. The number of anilines is 2. The number of hydrogen-bond acceptors (Lipinski definition) is 3. The van der Waals surface area contributed by atoms with Crippen LogP contribution in [-0.2, 0) is 6.42 Å². The van der Waals surface area contributed by atoms with E-state index in [1.807, 2.05) is 6.07 Å². The Morgan fingerprint density at radius 3 is 2.92 bits per heavy atom. The van der Waals surface area contributed by atoms with Gasteiger partial charge >= 0.3 is 0 Å². The summed E-state index contributed by atoms with van der Waals surface area (Å²) >= 11 is 0. The summed E-state index contributed by atoms with van der Waals surface area (Å²) in [6.45, 7) is 0.765. The average molecular weight is 164 g/mol. The molecule has 3 nitrogen and oxygen atoms in total. The van der Waals surface area contributed by atoms with Crippen molar-refractivity contribution < 1.29 is 4.74 Å². The number of hydrogen-bond donors (Lipinski definition) is 2. The van der Waals surface area contributed by atoms with Gasteiger partial charge in [-0.3, -0.25) is 0 Å². The van der Waals surface area contributed by atoms with E-state index in [0.29, 0.717) is 5.69 Å². The maximum Gasteiger partial charge on any atom is 0.145 e. The third kappa shape index (κ3) is 1.07. The fraction of sp³-hybridized carbons (Fsp3) is 0.333. The molecule has 0 aliphatic carbocycles. The highest BCUT2D eigenvalue weighted by atomic mass is 16.5. The standard InChI is InChI=1S/C9H12N2O/c10-7-4-6-2-1-3-12-9(6)8(11)5-7/h4-5H,1-3,10-11H2. The zero-order chi connectivity index (χ0) is 8.55. The molecule has 1 aliphatic rings. The first-order valence-corrected chi connectivity index (χ1v) is 4.08. The molecule has 1 aliphatic heterocycles. The Labute approximate surface area is 71.3 Å². The summed E-state index contributed by atoms with van der Waals surface area (Å²) < 4.78 is 5.43. The van der Waals surface area contributed by atoms with Crippen LogP contribution in [0.3, 0.4) is 0 Å². The number of ether oxygens (including phenoxy) is 1. The van der Waals surface area contributed by atoms with E-state index in [2.05, 4.69) is 0 Å². The highest BCUT2D eigenvalue weighted by molar-refractivity contribution is 5.65. The van der Waals surface area contributed by atoms with E-state index in [4.69, 9.17) is 16.2 Å². The van der Waals surface area contributed by atoms with Gasteiger partial charge in [-0.1, -0.05) is 0 Å². The van der Waals surface area contributed by atoms with Gasteiger partial charge in [0.15, 0.2) is 0 Å². The largest absolute Gasteiger partial charge is 0.491 e. The van der Waals surface area contributed by atoms with Crippen LogP contribution >= 0.6 is 0 Å². The monoisotopic (exact) mass is 164 g/mol. The van der Waals surface area contributed by atoms with Gasteiger partial charge in [-0.15, -0.1) is 0 Å². The first-order chi connectivity index (χ1) is 5.77. The highest BCUT2D eigenvalue weighted by Crippen LogP contribution is 2.32. The molecule has 0 aromatic heterocycles. The minimum Gasteiger partial charge on any atom is -0.491 e. The van der Waals surface area contributed by atoms with E-state index in [1.54, 1.807) is 6.07 Å². The lowest BCUT2D eigenvalue weighted by Crippen LogP contribution is -2.10. The zero-order valence-corrected chi connectivity index (χ0v) is 6.84. The fourth-order valence-electron chi connectivity index (χ4n) is 1.54. The summed E-state index contributed by atoms with van der Waals surface area (Å²) in [7, 11) is 0. The van der Waals surface area contributed by atoms with Crippen molar-refractivity contribution in [3.05, 3.63) is 17.7 Å². The van der Waals surface area contributed by atoms with Crippen molar-refractivity contribution in [3.8, 4) is 5.75 Å². The molecule has 2 rings (SSSR count). The molecule has 0 spiro atoms. The molecule has 0 amide bonds. The second-order valence-corrected chi connectivity index (χ2v) is 3.05. The molecule has 0 radical (unpaired) electrons. The molecule has 0 bridgehead atoms. The van der Waals surface area contributed by atoms with E-state index in [1.165, 1.54) is 0 Å². The van der Waals surface area contributed by atoms with E-state index in [0.717, 1.165) is 36.4 Å². The van der Waals surface area contributed by atoms with Crippen molar-refractivity contribution in [2.75, 3.05) is 18.1 Å². The number of nitrogens with two attached hydrogens (primary N) is 2. The summed E-state index contributed by atoms with van der Waals surface area (Å²) in [6.07, 6.45) is 2.07. The molecule has 0 fully saturated rings. The third-order valence-corrected chi connectivity index (χ3v) is 2.05. The lowest BCUT2D eigenvalue weighted by Gasteiger charge is -2.19. The fourth-order valence-corrected chi connectivity index (χ4v) is 1.54. The zero-order valence-electron chi connectivity index (χ0n) is 6.84. The highest BCUT2D eigenvalue weighted by Gasteiger charge is 2.13. The van der Waals surface area contributed by atoms with Crippen molar-refractivity contribution in [2.24, 2.45) is 0 Å². The van der Waals surface area contributed by atoms with Gasteiger partial charge in [0, 0.05) is 5.69 Å². The molecular weight excluding hydrogens is 152 g/mol. The maximum absolute atomic E-state index is 5.74. The second-order valence-electron chi connectivity index (χ2n) is 3.05. The van der Waals surface area contributed by atoms with E-state index < -0.39 is 0 Å². The molecular formula is C9H12N2O. The molecule has 1 aromatic rings. The molecule has 0 saturated carbocycles. The number of fused-ring (bicyclic) bond motifs is 1. The predicted octanol–water partition coefficient (Wildman–Crippen LogP) is 1.18. The van der Waals surface area contributed by atoms with Gasteiger partial charge < -0.3 is 16.2 Å². The van der Waals surface area contributed by atoms with Crippen LogP contribution < -0.4 is 16.2 Å². The minimum atomic E-state index is 0.657. The van der Waals surface area contributed by atoms with Gasteiger partial charge in [-0.2, -0.15) is 0 Å². The molecule has 1 heterocycles. The van der Waals surface area contributed by atoms with Crippen LogP contribution in [0.2, 0.25) is 0 Å². The van der Waals surface area contributed by atoms with Gasteiger partial charge in [-0.05, 0) is 30.5 Å². The van der Waals surface area contributed by atoms with E-state index in [9.17, 15) is 0 Å². The van der Waals surface area contributed by atoms with Gasteiger partial charge in [0.05, 0.1) is 12.3 Å². The van der Waals surface area contributed by atoms with Crippen LogP contribution in [0.1, 0.15) is 12.0 Å². The van der Waals surface area contributed by atoms with Crippen LogP contribution in [0.15, 0.2) is 12.1 Å². The van der Waals surface area contributed by atoms with Crippen LogP contribution in [0.4, 0.5) is 11.4 Å². The number of nitrogen functional groups attached to an aromatic ring is 2. The van der Waals surface area contributed by atoms with Crippen molar-refractivity contribution in [1.29, 1.82) is 0 Å². The van der Waals surface area contributed by atoms with E-state index in [-0.39, 0.29) is 0 Å². The molecule has 0 saturated heterocycles. The minimum absolute atomic E-state index is 0.657. The van der Waals surface area contributed by atoms with Gasteiger partial charge in [0.25, 0.3) is 0 Å². The lowest BCUT2D eigenvalue weighted by molar-refractivity contribution is 0.290. The molecule has 64 valence electrons. The molecule has 0 unspecified atom stereocenters. The molecule has 3 heteroatoms. The molecule has 0 atom stereocenters. The van der Waals surface area contributed by atoms with Crippen molar-refractivity contribution >= 4 is 11.4 Å². The Kier molecular flexibility index (Phi) is 1.57. The van der Waals surface area contributed by atoms with Gasteiger partial charge in [-0.25, -0.2) is 0 Å². The van der Waals surface area contributed by atoms with Crippen LogP contribution in [0, 0.1) is 0 Å². The lowest BCUT2D eigenvalue weighted by atomic mass is 10.0. The second kappa shape index (κ2) is 2.59. The summed E-state index contributed by atoms with van der Waals surface area (Å²) in [5, 5.41) is 0. The SMILES string of the molecule is Nc1cc(N)c2c(c1)CCCO2. The van der Waals surface area contributed by atoms with Crippen LogP contribution in [0.25, 0.3) is 0 Å². The molecule has 4 N–H and O–H groups in total. The quantitative estimate of drug-likeness (QED) is 0.566. The first-order valence-electron chi connectivity index (χ1n) is 4.08. The van der Waals surface area contributed by atoms with Crippen molar-refractivity contribution in [1.82, 2.24) is 0 Å².